The summed E-state index contributed by atoms with van der Waals surface area (Å²) in [4.78, 5) is 45.5. The van der Waals surface area contributed by atoms with Crippen molar-refractivity contribution in [3.63, 3.8) is 0 Å². The lowest BCUT2D eigenvalue weighted by molar-refractivity contribution is 0.0601. The number of methoxy groups -OCH3 is 1. The van der Waals surface area contributed by atoms with E-state index in [-0.39, 0.29) is 22.0 Å². The van der Waals surface area contributed by atoms with E-state index in [1.807, 2.05) is 6.07 Å². The lowest BCUT2D eigenvalue weighted by atomic mass is 9.95. The molecule has 0 atom stereocenters. The lowest BCUT2D eigenvalue weighted by Gasteiger charge is -2.15. The maximum Gasteiger partial charge on any atom is 0.341 e. The average Bonchev–Trinajstić information content (AvgIpc) is 3.29. The predicted octanol–water partition coefficient (Wildman–Crippen LogP) is 4.69. The summed E-state index contributed by atoms with van der Waals surface area (Å²) in [5.74, 6) is -1.02. The number of pyridine rings is 2. The Morgan fingerprint density at radius 1 is 1.18 bits per heavy atom. The number of rotatable bonds is 8. The van der Waals surface area contributed by atoms with Gasteiger partial charge in [0.15, 0.2) is 0 Å². The van der Waals surface area contributed by atoms with Crippen molar-refractivity contribution >= 4 is 44.9 Å². The molecule has 4 aromatic rings. The minimum atomic E-state index is -0.541. The molecule has 0 fully saturated rings. The third-order valence-corrected chi connectivity index (χ3v) is 8.29. The van der Waals surface area contributed by atoms with Crippen LogP contribution in [0.5, 0.6) is 0 Å². The molecule has 0 unspecified atom stereocenters. The second-order valence-corrected chi connectivity index (χ2v) is 10.7. The van der Waals surface area contributed by atoms with Crippen molar-refractivity contribution in [3.05, 3.63) is 67.9 Å². The van der Waals surface area contributed by atoms with Crippen molar-refractivity contribution < 1.29 is 14.3 Å². The fraction of sp³-hybridized carbons (Fsp3) is 0.393. The maximum atomic E-state index is 13.6. The zero-order chi connectivity index (χ0) is 26.8. The average molecular weight is 534 g/mol. The van der Waals surface area contributed by atoms with Gasteiger partial charge in [-0.15, -0.1) is 11.3 Å². The largest absolute Gasteiger partial charge is 0.465 e. The lowest BCUT2D eigenvalue weighted by Crippen LogP contribution is -2.32. The van der Waals surface area contributed by atoms with Gasteiger partial charge in [0.25, 0.3) is 11.5 Å². The summed E-state index contributed by atoms with van der Waals surface area (Å²) >= 11 is 1.39. The molecule has 1 aliphatic carbocycles. The fourth-order valence-corrected chi connectivity index (χ4v) is 6.39. The molecule has 10 heteroatoms. The van der Waals surface area contributed by atoms with Crippen LogP contribution in [-0.2, 0) is 24.1 Å². The molecule has 0 bridgehead atoms. The number of unbranched alkanes of at least 4 members (excludes halogenated alkanes) is 3. The number of thiophene rings is 1. The highest BCUT2D eigenvalue weighted by atomic mass is 32.1. The van der Waals surface area contributed by atoms with Gasteiger partial charge < -0.3 is 14.6 Å². The first-order valence-electron chi connectivity index (χ1n) is 13.1. The zero-order valence-electron chi connectivity index (χ0n) is 21.6. The Labute approximate surface area is 223 Å². The molecule has 0 aromatic carbocycles. The molecule has 0 spiro atoms. The van der Waals surface area contributed by atoms with Crippen LogP contribution in [0.1, 0.15) is 76.6 Å². The van der Waals surface area contributed by atoms with Crippen LogP contribution in [-0.4, -0.2) is 32.9 Å². The van der Waals surface area contributed by atoms with Gasteiger partial charge in [0, 0.05) is 17.6 Å². The molecule has 1 aliphatic rings. The summed E-state index contributed by atoms with van der Waals surface area (Å²) in [7, 11) is 1.33. The molecule has 2 N–H and O–H groups in total. The molecular weight excluding hydrogens is 502 g/mol. The first kappa shape index (κ1) is 25.8. The number of nitrogens with zero attached hydrogens (tertiary/aromatic N) is 3. The zero-order valence-corrected chi connectivity index (χ0v) is 22.5. The first-order valence-corrected chi connectivity index (χ1v) is 13.9. The molecule has 5 rings (SSSR count). The number of esters is 1. The Bertz CT molecular complexity index is 1670. The first-order chi connectivity index (χ1) is 18.4. The Kier molecular flexibility index (Phi) is 7.42. The van der Waals surface area contributed by atoms with Gasteiger partial charge in [-0.3, -0.25) is 19.4 Å². The number of aromatic nitrogens is 3. The summed E-state index contributed by atoms with van der Waals surface area (Å²) in [6.45, 7) is 2.59. The summed E-state index contributed by atoms with van der Waals surface area (Å²) in [5, 5.41) is 12.5. The number of nitrogens with one attached hydrogen (secondary N) is 2. The summed E-state index contributed by atoms with van der Waals surface area (Å²) < 4.78 is 8.14. The molecule has 0 saturated carbocycles. The van der Waals surface area contributed by atoms with Gasteiger partial charge in [-0.25, -0.2) is 9.78 Å². The third kappa shape index (κ3) is 4.64. The van der Waals surface area contributed by atoms with Crippen LogP contribution in [0.3, 0.4) is 0 Å². The van der Waals surface area contributed by atoms with Crippen molar-refractivity contribution in [1.29, 1.82) is 5.41 Å². The van der Waals surface area contributed by atoms with E-state index in [4.69, 9.17) is 15.1 Å². The van der Waals surface area contributed by atoms with E-state index in [9.17, 15) is 14.4 Å². The molecule has 0 saturated heterocycles. The van der Waals surface area contributed by atoms with Gasteiger partial charge in [0.05, 0.1) is 23.6 Å². The number of aryl methyl sites for hydroxylation is 2. The highest BCUT2D eigenvalue weighted by Gasteiger charge is 2.28. The van der Waals surface area contributed by atoms with E-state index in [0.29, 0.717) is 28.4 Å². The number of carbonyl (C=O) groups excluding carboxylic acids is 2. The van der Waals surface area contributed by atoms with Gasteiger partial charge in [0.2, 0.25) is 0 Å². The van der Waals surface area contributed by atoms with Crippen molar-refractivity contribution in [3.8, 4) is 0 Å². The van der Waals surface area contributed by atoms with Crippen LogP contribution < -0.4 is 16.4 Å². The number of hydrogen-bond donors (Lipinski definition) is 2. The molecule has 38 heavy (non-hydrogen) atoms. The summed E-state index contributed by atoms with van der Waals surface area (Å²) in [5.41, 5.74) is 1.95. The van der Waals surface area contributed by atoms with E-state index in [2.05, 4.69) is 12.2 Å². The second-order valence-electron chi connectivity index (χ2n) is 9.56. The van der Waals surface area contributed by atoms with Gasteiger partial charge in [-0.2, -0.15) is 0 Å². The topological polar surface area (TPSA) is 119 Å². The Morgan fingerprint density at radius 3 is 2.79 bits per heavy atom. The second kappa shape index (κ2) is 10.9. The molecule has 4 aromatic heterocycles. The molecule has 1 amide bonds. The van der Waals surface area contributed by atoms with Gasteiger partial charge in [-0.1, -0.05) is 32.3 Å². The number of ether oxygens (including phenoxy) is 1. The Hall–Kier alpha value is -3.79. The standard InChI is InChI=1S/C28H31N5O4S/c1-3-4-5-9-15-33-23(29)18(16-19-24(33)30-21-13-8-10-14-32(21)27(19)35)25(34)31-26-22(28(36)37-2)17-11-6-7-12-20(17)38-26/h8,10,13-14,16,29H,3-7,9,11-12,15H2,1-2H3,(H,31,34). The monoisotopic (exact) mass is 533 g/mol. The van der Waals surface area contributed by atoms with E-state index >= 15 is 0 Å². The van der Waals surface area contributed by atoms with Gasteiger partial charge in [0.1, 0.15) is 21.8 Å². The minimum absolute atomic E-state index is 0.0142. The predicted molar refractivity (Wildman–Crippen MR) is 147 cm³/mol. The van der Waals surface area contributed by atoms with Crippen LogP contribution >= 0.6 is 11.3 Å². The van der Waals surface area contributed by atoms with E-state index in [1.54, 1.807) is 22.9 Å². The molecule has 9 nitrogen and oxygen atoms in total. The van der Waals surface area contributed by atoms with E-state index < -0.39 is 11.9 Å². The van der Waals surface area contributed by atoms with Crippen LogP contribution in [0.25, 0.3) is 16.7 Å². The number of fused-ring (bicyclic) bond motifs is 3. The number of amides is 1. The highest BCUT2D eigenvalue weighted by molar-refractivity contribution is 7.17. The summed E-state index contributed by atoms with van der Waals surface area (Å²) in [6.07, 6.45) is 9.16. The number of anilines is 1. The quantitative estimate of drug-likeness (QED) is 0.194. The minimum Gasteiger partial charge on any atom is -0.465 e. The Balaban J connectivity index is 1.63. The van der Waals surface area contributed by atoms with Gasteiger partial charge >= 0.3 is 5.97 Å². The molecular formula is C28H31N5O4S. The molecule has 0 radical (unpaired) electrons. The maximum absolute atomic E-state index is 13.6. The van der Waals surface area contributed by atoms with Gasteiger partial charge in [-0.05, 0) is 55.9 Å². The highest BCUT2D eigenvalue weighted by Crippen LogP contribution is 2.38. The summed E-state index contributed by atoms with van der Waals surface area (Å²) in [6, 6.07) is 6.76. The van der Waals surface area contributed by atoms with E-state index in [1.165, 1.54) is 28.9 Å². The number of carbonyl (C=O) groups is 2. The van der Waals surface area contributed by atoms with E-state index in [0.717, 1.165) is 61.8 Å². The third-order valence-electron chi connectivity index (χ3n) is 7.09. The molecule has 198 valence electrons. The molecule has 4 heterocycles. The normalized spacial score (nSPS) is 13.0. The van der Waals surface area contributed by atoms with Crippen molar-refractivity contribution in [2.24, 2.45) is 0 Å². The van der Waals surface area contributed by atoms with Crippen LogP contribution in [0.2, 0.25) is 0 Å². The number of hydrogen-bond acceptors (Lipinski definition) is 7. The SMILES string of the molecule is CCCCCCn1c(=N)c(C(=O)Nc2sc3c(c2C(=O)OC)CCCC3)cc2c(=O)n3ccccc3nc21. The molecule has 0 aliphatic heterocycles. The van der Waals surface area contributed by atoms with Crippen LogP contribution in [0, 0.1) is 5.41 Å². The van der Waals surface area contributed by atoms with Crippen LogP contribution in [0.4, 0.5) is 5.00 Å². The van der Waals surface area contributed by atoms with Crippen molar-refractivity contribution in [2.75, 3.05) is 12.4 Å². The fourth-order valence-electron chi connectivity index (χ4n) is 5.12. The van der Waals surface area contributed by atoms with Crippen molar-refractivity contribution in [1.82, 2.24) is 14.0 Å². The Morgan fingerprint density at radius 2 is 2.00 bits per heavy atom. The van der Waals surface area contributed by atoms with Crippen LogP contribution in [0.15, 0.2) is 35.3 Å². The van der Waals surface area contributed by atoms with Crippen molar-refractivity contribution in [2.45, 2.75) is 64.8 Å². The smallest absolute Gasteiger partial charge is 0.341 e.